The number of para-hydroxylation sites is 4. The van der Waals surface area contributed by atoms with Gasteiger partial charge in [0.05, 0.1) is 29.9 Å². The van der Waals surface area contributed by atoms with Gasteiger partial charge in [0.1, 0.15) is 18.1 Å². The van der Waals surface area contributed by atoms with E-state index in [9.17, 15) is 9.59 Å². The molecule has 0 radical (unpaired) electrons. The van der Waals surface area contributed by atoms with Gasteiger partial charge in [-0.2, -0.15) is 0 Å². The smallest absolute Gasteiger partial charge is 0.244 e. The number of hydrogen-bond acceptors (Lipinski definition) is 4. The van der Waals surface area contributed by atoms with Crippen LogP contribution in [0.1, 0.15) is 32.1 Å². The number of nitrogens with one attached hydrogen (secondary N) is 2. The fraction of sp³-hybridized carbons (Fsp3) is 0.286. The quantitative estimate of drug-likeness (QED) is 0.659. The largest absolute Gasteiger partial charge is 0.495 e. The zero-order valence-electron chi connectivity index (χ0n) is 16.2. The number of nitrogens with zero attached hydrogens (tertiary/aromatic N) is 2. The fourth-order valence-electron chi connectivity index (χ4n) is 3.08. The number of aromatic nitrogens is 2. The van der Waals surface area contributed by atoms with E-state index in [0.29, 0.717) is 23.7 Å². The second-order valence-electron chi connectivity index (χ2n) is 6.44. The number of amides is 2. The van der Waals surface area contributed by atoms with Crippen LogP contribution in [0, 0.1) is 0 Å². The monoisotopic (exact) mass is 380 g/mol. The van der Waals surface area contributed by atoms with Crippen molar-refractivity contribution < 1.29 is 14.3 Å². The van der Waals surface area contributed by atoms with Crippen molar-refractivity contribution in [1.82, 2.24) is 14.9 Å². The first-order chi connectivity index (χ1) is 13.5. The zero-order chi connectivity index (χ0) is 20.1. The van der Waals surface area contributed by atoms with Crippen molar-refractivity contribution in [3.05, 3.63) is 54.4 Å². The summed E-state index contributed by atoms with van der Waals surface area (Å²) in [5.41, 5.74) is 2.22. The van der Waals surface area contributed by atoms with Gasteiger partial charge in [0, 0.05) is 6.42 Å². The molecule has 1 heterocycles. The molecule has 1 aromatic heterocycles. The topological polar surface area (TPSA) is 85.2 Å². The molecule has 0 saturated carbocycles. The first-order valence-corrected chi connectivity index (χ1v) is 9.20. The number of ether oxygens (including phenoxy) is 1. The zero-order valence-corrected chi connectivity index (χ0v) is 16.2. The normalized spacial score (nSPS) is 11.8. The molecule has 146 valence electrons. The Morgan fingerprint density at radius 3 is 2.57 bits per heavy atom. The molecule has 0 bridgehead atoms. The van der Waals surface area contributed by atoms with Crippen molar-refractivity contribution in [2.75, 3.05) is 12.4 Å². The molecule has 2 aromatic carbocycles. The van der Waals surface area contributed by atoms with Crippen LogP contribution in [-0.2, 0) is 16.1 Å². The molecular formula is C21H24N4O3. The van der Waals surface area contributed by atoms with Crippen LogP contribution < -0.4 is 15.4 Å². The average molecular weight is 380 g/mol. The van der Waals surface area contributed by atoms with Crippen LogP contribution in [0.5, 0.6) is 5.75 Å². The van der Waals surface area contributed by atoms with Crippen molar-refractivity contribution in [1.29, 1.82) is 0 Å². The highest BCUT2D eigenvalue weighted by Crippen LogP contribution is 2.24. The van der Waals surface area contributed by atoms with Crippen molar-refractivity contribution in [3.8, 4) is 5.75 Å². The Hall–Kier alpha value is -3.35. The van der Waals surface area contributed by atoms with Gasteiger partial charge in [-0.15, -0.1) is 0 Å². The number of hydrogen-bond donors (Lipinski definition) is 2. The predicted octanol–water partition coefficient (Wildman–Crippen LogP) is 3.27. The van der Waals surface area contributed by atoms with Gasteiger partial charge < -0.3 is 19.9 Å². The highest BCUT2D eigenvalue weighted by molar-refractivity contribution is 5.93. The lowest BCUT2D eigenvalue weighted by Gasteiger charge is -2.16. The molecule has 0 spiro atoms. The molecule has 0 saturated heterocycles. The molecular weight excluding hydrogens is 356 g/mol. The van der Waals surface area contributed by atoms with Crippen molar-refractivity contribution in [2.45, 2.75) is 32.9 Å². The Morgan fingerprint density at radius 2 is 1.82 bits per heavy atom. The summed E-state index contributed by atoms with van der Waals surface area (Å²) in [5, 5.41) is 5.80. The summed E-state index contributed by atoms with van der Waals surface area (Å²) in [4.78, 5) is 29.2. The lowest BCUT2D eigenvalue weighted by atomic mass is 10.2. The van der Waals surface area contributed by atoms with E-state index in [1.165, 1.54) is 0 Å². The van der Waals surface area contributed by atoms with E-state index in [4.69, 9.17) is 4.74 Å². The van der Waals surface area contributed by atoms with Gasteiger partial charge in [-0.3, -0.25) is 9.59 Å². The van der Waals surface area contributed by atoms with E-state index in [2.05, 4.69) is 15.6 Å². The van der Waals surface area contributed by atoms with E-state index in [0.717, 1.165) is 11.0 Å². The third-order valence-corrected chi connectivity index (χ3v) is 4.45. The van der Waals surface area contributed by atoms with Crippen LogP contribution in [-0.4, -0.2) is 28.5 Å². The molecule has 28 heavy (non-hydrogen) atoms. The Bertz CT molecular complexity index is 996. The second kappa shape index (κ2) is 8.56. The maximum atomic E-state index is 12.7. The number of benzene rings is 2. The molecule has 2 N–H and O–H groups in total. The number of fused-ring (bicyclic) bond motifs is 1. The van der Waals surface area contributed by atoms with Gasteiger partial charge in [-0.1, -0.05) is 31.2 Å². The minimum atomic E-state index is -0.320. The Kier molecular flexibility index (Phi) is 5.93. The van der Waals surface area contributed by atoms with Crippen molar-refractivity contribution in [2.24, 2.45) is 0 Å². The molecule has 1 atom stereocenters. The van der Waals surface area contributed by atoms with Gasteiger partial charge in [0.15, 0.2) is 0 Å². The lowest BCUT2D eigenvalue weighted by Crippen LogP contribution is -2.29. The third-order valence-electron chi connectivity index (χ3n) is 4.45. The van der Waals surface area contributed by atoms with Crippen LogP contribution in [0.3, 0.4) is 0 Å². The summed E-state index contributed by atoms with van der Waals surface area (Å²) < 4.78 is 7.12. The first-order valence-electron chi connectivity index (χ1n) is 9.20. The van der Waals surface area contributed by atoms with E-state index in [1.807, 2.05) is 47.9 Å². The van der Waals surface area contributed by atoms with Crippen LogP contribution in [0.15, 0.2) is 48.5 Å². The third kappa shape index (κ3) is 4.14. The number of methoxy groups -OCH3 is 1. The first kappa shape index (κ1) is 19.4. The maximum Gasteiger partial charge on any atom is 0.244 e. The molecule has 1 unspecified atom stereocenters. The highest BCUT2D eigenvalue weighted by atomic mass is 16.5. The summed E-state index contributed by atoms with van der Waals surface area (Å²) in [6.07, 6.45) is 0.388. The van der Waals surface area contributed by atoms with Crippen molar-refractivity contribution >= 4 is 28.5 Å². The Labute approximate surface area is 163 Å². The van der Waals surface area contributed by atoms with Gasteiger partial charge in [0.2, 0.25) is 11.8 Å². The molecule has 0 aliphatic heterocycles. The second-order valence-corrected chi connectivity index (χ2v) is 6.44. The highest BCUT2D eigenvalue weighted by Gasteiger charge is 2.20. The van der Waals surface area contributed by atoms with E-state index < -0.39 is 0 Å². The minimum absolute atomic E-state index is 0.0652. The molecule has 7 nitrogen and oxygen atoms in total. The summed E-state index contributed by atoms with van der Waals surface area (Å²) >= 11 is 0. The molecule has 3 aromatic rings. The number of anilines is 1. The molecule has 3 rings (SSSR count). The summed E-state index contributed by atoms with van der Waals surface area (Å²) in [5.74, 6) is 0.959. The number of carbonyl (C=O) groups excluding carboxylic acids is 2. The van der Waals surface area contributed by atoms with Gasteiger partial charge >= 0.3 is 0 Å². The Morgan fingerprint density at radius 1 is 1.11 bits per heavy atom. The average Bonchev–Trinajstić information content (AvgIpc) is 3.06. The van der Waals surface area contributed by atoms with Crippen LogP contribution in [0.25, 0.3) is 11.0 Å². The molecule has 0 aliphatic rings. The molecule has 0 fully saturated rings. The van der Waals surface area contributed by atoms with Crippen molar-refractivity contribution in [3.63, 3.8) is 0 Å². The number of imidazole rings is 1. The predicted molar refractivity (Wildman–Crippen MR) is 108 cm³/mol. The summed E-state index contributed by atoms with van der Waals surface area (Å²) in [6.45, 7) is 3.73. The van der Waals surface area contributed by atoms with Crippen LogP contribution in [0.4, 0.5) is 5.69 Å². The molecule has 2 amide bonds. The number of carbonyl (C=O) groups is 2. The minimum Gasteiger partial charge on any atom is -0.495 e. The van der Waals surface area contributed by atoms with Gasteiger partial charge in [-0.25, -0.2) is 4.98 Å². The SMILES string of the molecule is CCC(=O)NC(C)c1nc2ccccc2n1CC(=O)Nc1ccccc1OC. The van der Waals surface area contributed by atoms with Gasteiger partial charge in [-0.05, 0) is 31.2 Å². The maximum absolute atomic E-state index is 12.7. The van der Waals surface area contributed by atoms with Crippen LogP contribution >= 0.6 is 0 Å². The van der Waals surface area contributed by atoms with E-state index >= 15 is 0 Å². The standard InChI is InChI=1S/C21H24N4O3/c1-4-19(26)22-14(2)21-24-15-9-5-7-11-17(15)25(21)13-20(27)23-16-10-6-8-12-18(16)28-3/h5-12,14H,4,13H2,1-3H3,(H,22,26)(H,23,27). The summed E-state index contributed by atoms with van der Waals surface area (Å²) in [7, 11) is 1.56. The number of rotatable bonds is 7. The Balaban J connectivity index is 1.89. The molecule has 0 aliphatic carbocycles. The van der Waals surface area contributed by atoms with Crippen LogP contribution in [0.2, 0.25) is 0 Å². The molecule has 7 heteroatoms. The fourth-order valence-corrected chi connectivity index (χ4v) is 3.08. The van der Waals surface area contributed by atoms with Gasteiger partial charge in [0.25, 0.3) is 0 Å². The van der Waals surface area contributed by atoms with E-state index in [1.54, 1.807) is 26.2 Å². The summed E-state index contributed by atoms with van der Waals surface area (Å²) in [6, 6.07) is 14.5. The lowest BCUT2D eigenvalue weighted by molar-refractivity contribution is -0.121. The van der Waals surface area contributed by atoms with E-state index in [-0.39, 0.29) is 24.4 Å².